The Morgan fingerprint density at radius 3 is 2.65 bits per heavy atom. The lowest BCUT2D eigenvalue weighted by Gasteiger charge is -2.10. The van der Waals surface area contributed by atoms with E-state index in [1.165, 1.54) is 6.07 Å². The summed E-state index contributed by atoms with van der Waals surface area (Å²) in [6, 6.07) is 10.9. The van der Waals surface area contributed by atoms with E-state index < -0.39 is 0 Å². The van der Waals surface area contributed by atoms with Crippen molar-refractivity contribution < 1.29 is 4.39 Å². The van der Waals surface area contributed by atoms with Crippen molar-refractivity contribution in [3.05, 3.63) is 65.2 Å². The van der Waals surface area contributed by atoms with Gasteiger partial charge in [-0.05, 0) is 61.6 Å². The van der Waals surface area contributed by atoms with Crippen LogP contribution in [-0.2, 0) is 12.8 Å². The van der Waals surface area contributed by atoms with Crippen LogP contribution in [0.4, 0.5) is 4.39 Å². The molecule has 2 aromatic heterocycles. The van der Waals surface area contributed by atoms with E-state index >= 15 is 0 Å². The molecule has 0 radical (unpaired) electrons. The second kappa shape index (κ2) is 5.54. The Labute approximate surface area is 134 Å². The van der Waals surface area contributed by atoms with Gasteiger partial charge in [0, 0.05) is 17.5 Å². The van der Waals surface area contributed by atoms with Gasteiger partial charge >= 0.3 is 0 Å². The summed E-state index contributed by atoms with van der Waals surface area (Å²) in [6.07, 6.45) is 4.68. The summed E-state index contributed by atoms with van der Waals surface area (Å²) in [5.74, 6) is 0.380. The molecule has 2 heterocycles. The van der Waals surface area contributed by atoms with Crippen LogP contribution in [0.1, 0.15) is 23.2 Å². The Morgan fingerprint density at radius 2 is 1.78 bits per heavy atom. The van der Waals surface area contributed by atoms with Gasteiger partial charge in [0.2, 0.25) is 0 Å². The average molecular weight is 305 g/mol. The van der Waals surface area contributed by atoms with Gasteiger partial charge in [-0.1, -0.05) is 12.1 Å². The van der Waals surface area contributed by atoms with Crippen LogP contribution >= 0.6 is 0 Å². The van der Waals surface area contributed by atoms with E-state index in [-0.39, 0.29) is 5.82 Å². The van der Waals surface area contributed by atoms with Crippen LogP contribution in [0.25, 0.3) is 22.8 Å². The first-order chi connectivity index (χ1) is 11.2. The predicted octanol–water partition coefficient (Wildman–Crippen LogP) is 4.14. The highest BCUT2D eigenvalue weighted by molar-refractivity contribution is 5.70. The zero-order chi connectivity index (χ0) is 15.8. The number of aromatic nitrogens is 3. The molecule has 0 aliphatic heterocycles. The first-order valence-electron chi connectivity index (χ1n) is 7.79. The van der Waals surface area contributed by atoms with Crippen molar-refractivity contribution in [3.8, 4) is 22.8 Å². The highest BCUT2D eigenvalue weighted by atomic mass is 19.1. The molecule has 0 N–H and O–H groups in total. The summed E-state index contributed by atoms with van der Waals surface area (Å²) >= 11 is 0. The van der Waals surface area contributed by atoms with Crippen molar-refractivity contribution in [2.45, 2.75) is 26.2 Å². The van der Waals surface area contributed by atoms with E-state index in [1.807, 2.05) is 25.1 Å². The molecule has 0 atom stereocenters. The number of pyridine rings is 1. The summed E-state index contributed by atoms with van der Waals surface area (Å²) in [5, 5.41) is 0. The molecule has 1 aliphatic rings. The van der Waals surface area contributed by atoms with Crippen LogP contribution < -0.4 is 0 Å². The average Bonchev–Trinajstić information content (AvgIpc) is 2.73. The first kappa shape index (κ1) is 14.0. The maximum absolute atomic E-state index is 13.7. The van der Waals surface area contributed by atoms with Crippen molar-refractivity contribution in [2.75, 3.05) is 0 Å². The van der Waals surface area contributed by atoms with Crippen molar-refractivity contribution in [2.24, 2.45) is 0 Å². The fraction of sp³-hybridized carbons (Fsp3) is 0.211. The Bertz CT molecular complexity index is 890. The van der Waals surface area contributed by atoms with Gasteiger partial charge in [0.1, 0.15) is 11.5 Å². The molecule has 1 aromatic carbocycles. The summed E-state index contributed by atoms with van der Waals surface area (Å²) in [5.41, 5.74) is 5.69. The fourth-order valence-corrected chi connectivity index (χ4v) is 3.08. The zero-order valence-electron chi connectivity index (χ0n) is 12.9. The molecule has 0 unspecified atom stereocenters. The molecular formula is C19H16FN3. The van der Waals surface area contributed by atoms with Crippen molar-refractivity contribution in [3.63, 3.8) is 0 Å². The minimum Gasteiger partial charge on any atom is -0.244 e. The van der Waals surface area contributed by atoms with Crippen LogP contribution in [0.15, 0.2) is 42.6 Å². The van der Waals surface area contributed by atoms with Crippen LogP contribution in [-0.4, -0.2) is 15.0 Å². The highest BCUT2D eigenvalue weighted by Crippen LogP contribution is 2.33. The number of fused-ring (bicyclic) bond motifs is 3. The second-order valence-electron chi connectivity index (χ2n) is 5.88. The second-order valence-corrected chi connectivity index (χ2v) is 5.88. The van der Waals surface area contributed by atoms with Gasteiger partial charge in [-0.25, -0.2) is 19.3 Å². The van der Waals surface area contributed by atoms with Gasteiger partial charge < -0.3 is 0 Å². The van der Waals surface area contributed by atoms with Crippen LogP contribution in [0.3, 0.4) is 0 Å². The monoisotopic (exact) mass is 305 g/mol. The fourth-order valence-electron chi connectivity index (χ4n) is 3.08. The summed E-state index contributed by atoms with van der Waals surface area (Å²) in [7, 11) is 0. The van der Waals surface area contributed by atoms with Gasteiger partial charge in [-0.15, -0.1) is 0 Å². The number of benzene rings is 1. The minimum absolute atomic E-state index is 0.226. The Balaban J connectivity index is 1.91. The normalized spacial score (nSPS) is 13.1. The molecule has 0 saturated carbocycles. The van der Waals surface area contributed by atoms with E-state index in [9.17, 15) is 4.39 Å². The van der Waals surface area contributed by atoms with Gasteiger partial charge in [-0.3, -0.25) is 0 Å². The van der Waals surface area contributed by atoms with Gasteiger partial charge in [0.15, 0.2) is 5.82 Å². The number of nitrogens with zero attached hydrogens (tertiary/aromatic N) is 3. The smallest absolute Gasteiger partial charge is 0.178 e. The summed E-state index contributed by atoms with van der Waals surface area (Å²) < 4.78 is 13.7. The molecule has 0 bridgehead atoms. The minimum atomic E-state index is -0.226. The molecule has 4 heteroatoms. The number of aryl methyl sites for hydroxylation is 3. The highest BCUT2D eigenvalue weighted by Gasteiger charge is 2.18. The standard InChI is InChI=1S/C19H16FN3/c1-12-9-10-21-19(22-12)17-8-6-14-4-2-3-13-5-7-15(20)11-16(13)18(14)23-17/h5-11H,2-4H2,1H3. The van der Waals surface area contributed by atoms with Crippen molar-refractivity contribution in [1.82, 2.24) is 15.0 Å². The number of halogens is 1. The van der Waals surface area contributed by atoms with Crippen molar-refractivity contribution >= 4 is 0 Å². The maximum Gasteiger partial charge on any atom is 0.178 e. The molecule has 1 aliphatic carbocycles. The third-order valence-corrected chi connectivity index (χ3v) is 4.22. The maximum atomic E-state index is 13.7. The SMILES string of the molecule is Cc1ccnc(-c2ccc3c(n2)-c2cc(F)ccc2CCC3)n1. The molecule has 0 amide bonds. The quantitative estimate of drug-likeness (QED) is 0.678. The summed E-state index contributed by atoms with van der Waals surface area (Å²) in [6.45, 7) is 1.93. The van der Waals surface area contributed by atoms with Crippen LogP contribution in [0.5, 0.6) is 0 Å². The van der Waals surface area contributed by atoms with Crippen LogP contribution in [0, 0.1) is 12.7 Å². The number of hydrogen-bond acceptors (Lipinski definition) is 3. The van der Waals surface area contributed by atoms with Gasteiger partial charge in [0.25, 0.3) is 0 Å². The molecule has 0 spiro atoms. The van der Waals surface area contributed by atoms with Gasteiger partial charge in [-0.2, -0.15) is 0 Å². The van der Waals surface area contributed by atoms with E-state index in [0.717, 1.165) is 53.0 Å². The first-order valence-corrected chi connectivity index (χ1v) is 7.79. The topological polar surface area (TPSA) is 38.7 Å². The largest absolute Gasteiger partial charge is 0.244 e. The molecule has 4 rings (SSSR count). The van der Waals surface area contributed by atoms with E-state index in [1.54, 1.807) is 12.3 Å². The lowest BCUT2D eigenvalue weighted by molar-refractivity contribution is 0.627. The summed E-state index contributed by atoms with van der Waals surface area (Å²) in [4.78, 5) is 13.5. The van der Waals surface area contributed by atoms with Gasteiger partial charge in [0.05, 0.1) is 5.69 Å². The Hall–Kier alpha value is -2.62. The zero-order valence-corrected chi connectivity index (χ0v) is 12.9. The third-order valence-electron chi connectivity index (χ3n) is 4.22. The van der Waals surface area contributed by atoms with Crippen LogP contribution in [0.2, 0.25) is 0 Å². The lowest BCUT2D eigenvalue weighted by atomic mass is 10.0. The molecule has 23 heavy (non-hydrogen) atoms. The third kappa shape index (κ3) is 2.61. The molecule has 3 aromatic rings. The van der Waals surface area contributed by atoms with E-state index in [0.29, 0.717) is 5.82 Å². The lowest BCUT2D eigenvalue weighted by Crippen LogP contribution is -1.98. The number of hydrogen-bond donors (Lipinski definition) is 0. The predicted molar refractivity (Wildman–Crippen MR) is 87.4 cm³/mol. The molecule has 0 saturated heterocycles. The Kier molecular flexibility index (Phi) is 3.37. The molecule has 0 fully saturated rings. The molecular weight excluding hydrogens is 289 g/mol. The van der Waals surface area contributed by atoms with E-state index in [4.69, 9.17) is 4.98 Å². The van der Waals surface area contributed by atoms with Crippen molar-refractivity contribution in [1.29, 1.82) is 0 Å². The Morgan fingerprint density at radius 1 is 0.957 bits per heavy atom. The number of rotatable bonds is 1. The molecule has 114 valence electrons. The molecule has 3 nitrogen and oxygen atoms in total. The van der Waals surface area contributed by atoms with E-state index in [2.05, 4.69) is 16.0 Å².